The number of anilines is 1. The minimum absolute atomic E-state index is 0.0385. The molecule has 0 aliphatic carbocycles. The van der Waals surface area contributed by atoms with E-state index in [4.69, 9.17) is 16.6 Å². The summed E-state index contributed by atoms with van der Waals surface area (Å²) in [5.41, 5.74) is 1.14. The number of halogens is 1. The van der Waals surface area contributed by atoms with E-state index in [9.17, 15) is 4.79 Å². The summed E-state index contributed by atoms with van der Waals surface area (Å²) in [5, 5.41) is 0.679. The molecule has 140 valence electrons. The van der Waals surface area contributed by atoms with Crippen LogP contribution in [0.5, 0.6) is 0 Å². The predicted molar refractivity (Wildman–Crippen MR) is 111 cm³/mol. The highest BCUT2D eigenvalue weighted by Gasteiger charge is 2.55. The molecule has 1 atom stereocenters. The van der Waals surface area contributed by atoms with Gasteiger partial charge in [0.2, 0.25) is 5.91 Å². The Morgan fingerprint density at radius 2 is 1.63 bits per heavy atom. The van der Waals surface area contributed by atoms with Crippen molar-refractivity contribution in [2.75, 3.05) is 18.0 Å². The van der Waals surface area contributed by atoms with Gasteiger partial charge in [-0.25, -0.2) is 4.99 Å². The van der Waals surface area contributed by atoms with E-state index in [-0.39, 0.29) is 11.9 Å². The van der Waals surface area contributed by atoms with Crippen LogP contribution in [0.3, 0.4) is 0 Å². The van der Waals surface area contributed by atoms with E-state index in [0.717, 1.165) is 30.3 Å². The Labute approximate surface area is 165 Å². The van der Waals surface area contributed by atoms with E-state index >= 15 is 0 Å². The van der Waals surface area contributed by atoms with Crippen LogP contribution >= 0.6 is 11.6 Å². The van der Waals surface area contributed by atoms with Crippen LogP contribution in [0.4, 0.5) is 11.4 Å². The first-order valence-electron chi connectivity index (χ1n) is 9.46. The van der Waals surface area contributed by atoms with Crippen molar-refractivity contribution in [3.63, 3.8) is 0 Å². The van der Waals surface area contributed by atoms with Gasteiger partial charge in [0.05, 0.1) is 22.8 Å². The second-order valence-electron chi connectivity index (χ2n) is 7.79. The van der Waals surface area contributed by atoms with Gasteiger partial charge in [0, 0.05) is 5.02 Å². The minimum Gasteiger partial charge on any atom is -0.293 e. The Morgan fingerprint density at radius 1 is 1.00 bits per heavy atom. The average Bonchev–Trinajstić information content (AvgIpc) is 3.24. The minimum atomic E-state index is -0.536. The molecule has 2 aliphatic heterocycles. The van der Waals surface area contributed by atoms with Crippen molar-refractivity contribution < 1.29 is 4.79 Å². The molecule has 2 fully saturated rings. The summed E-state index contributed by atoms with van der Waals surface area (Å²) in [6.07, 6.45) is 2.33. The van der Waals surface area contributed by atoms with E-state index in [1.165, 1.54) is 12.8 Å². The normalized spacial score (nSPS) is 24.1. The Morgan fingerprint density at radius 3 is 2.26 bits per heavy atom. The molecule has 2 aromatic rings. The summed E-state index contributed by atoms with van der Waals surface area (Å²) in [6, 6.07) is 17.2. The molecule has 2 saturated heterocycles. The summed E-state index contributed by atoms with van der Waals surface area (Å²) in [6.45, 7) is 6.09. The number of para-hydroxylation sites is 1. The summed E-state index contributed by atoms with van der Waals surface area (Å²) in [7, 11) is 0. The average molecular weight is 382 g/mol. The van der Waals surface area contributed by atoms with E-state index in [0.29, 0.717) is 5.02 Å². The number of aliphatic imine (C=N–C) groups is 1. The topological polar surface area (TPSA) is 35.9 Å². The molecule has 0 bridgehead atoms. The third-order valence-electron chi connectivity index (χ3n) is 5.50. The van der Waals surface area contributed by atoms with Crippen molar-refractivity contribution in [3.8, 4) is 0 Å². The van der Waals surface area contributed by atoms with Crippen molar-refractivity contribution in [1.29, 1.82) is 0 Å². The third kappa shape index (κ3) is 3.28. The van der Waals surface area contributed by atoms with Crippen molar-refractivity contribution in [2.45, 2.75) is 32.7 Å². The number of amidine groups is 1. The van der Waals surface area contributed by atoms with E-state index in [1.54, 1.807) is 4.90 Å². The van der Waals surface area contributed by atoms with Gasteiger partial charge in [-0.05, 0) is 76.2 Å². The maximum Gasteiger partial charge on any atom is 0.240 e. The molecule has 0 saturated carbocycles. The lowest BCUT2D eigenvalue weighted by Crippen LogP contribution is -2.46. The number of carbonyl (C=O) groups is 1. The van der Waals surface area contributed by atoms with Gasteiger partial charge in [0.1, 0.15) is 5.84 Å². The van der Waals surface area contributed by atoms with Crippen LogP contribution in [0.25, 0.3) is 0 Å². The number of hydrogen-bond donors (Lipinski definition) is 0. The largest absolute Gasteiger partial charge is 0.293 e. The standard InChI is InChI=1S/C22H24ClN3O/c1-22(2)19(25-14-6-7-15-25)20(24-17-12-10-16(23)11-13-17)26(21(22)27)18-8-4-3-5-9-18/h3-5,8-13,19H,6-7,14-15H2,1-2H3/t19-/m1/s1. The van der Waals surface area contributed by atoms with Crippen LogP contribution < -0.4 is 4.90 Å². The molecule has 0 radical (unpaired) electrons. The Bertz CT molecular complexity index is 855. The molecular weight excluding hydrogens is 358 g/mol. The number of amides is 1. The zero-order chi connectivity index (χ0) is 19.0. The Balaban J connectivity index is 1.85. The first-order valence-corrected chi connectivity index (χ1v) is 9.84. The van der Waals surface area contributed by atoms with Gasteiger partial charge in [0.15, 0.2) is 0 Å². The van der Waals surface area contributed by atoms with Crippen LogP contribution in [0.1, 0.15) is 26.7 Å². The van der Waals surface area contributed by atoms with Crippen LogP contribution in [-0.4, -0.2) is 35.8 Å². The maximum absolute atomic E-state index is 13.4. The monoisotopic (exact) mass is 381 g/mol. The molecule has 27 heavy (non-hydrogen) atoms. The fraction of sp³-hybridized carbons (Fsp3) is 0.364. The molecule has 1 amide bonds. The first-order chi connectivity index (χ1) is 13.0. The van der Waals surface area contributed by atoms with Crippen LogP contribution in [0, 0.1) is 5.41 Å². The zero-order valence-corrected chi connectivity index (χ0v) is 16.5. The maximum atomic E-state index is 13.4. The van der Waals surface area contributed by atoms with Gasteiger partial charge in [-0.15, -0.1) is 0 Å². The molecular formula is C22H24ClN3O. The van der Waals surface area contributed by atoms with Crippen LogP contribution in [0.2, 0.25) is 5.02 Å². The number of rotatable bonds is 3. The number of benzene rings is 2. The fourth-order valence-corrected chi connectivity index (χ4v) is 4.29. The van der Waals surface area contributed by atoms with Gasteiger partial charge in [-0.1, -0.05) is 29.8 Å². The smallest absolute Gasteiger partial charge is 0.240 e. The van der Waals surface area contributed by atoms with Gasteiger partial charge in [-0.3, -0.25) is 14.6 Å². The van der Waals surface area contributed by atoms with Crippen molar-refractivity contribution >= 4 is 34.7 Å². The van der Waals surface area contributed by atoms with Crippen molar-refractivity contribution in [1.82, 2.24) is 4.90 Å². The van der Waals surface area contributed by atoms with Gasteiger partial charge in [0.25, 0.3) is 0 Å². The quantitative estimate of drug-likeness (QED) is 0.757. The summed E-state index contributed by atoms with van der Waals surface area (Å²) >= 11 is 6.03. The molecule has 4 nitrogen and oxygen atoms in total. The molecule has 4 rings (SSSR count). The molecule has 0 spiro atoms. The second-order valence-corrected chi connectivity index (χ2v) is 8.23. The van der Waals surface area contributed by atoms with Crippen LogP contribution in [0.15, 0.2) is 59.6 Å². The lowest BCUT2D eigenvalue weighted by Gasteiger charge is -2.31. The number of carbonyl (C=O) groups excluding carboxylic acids is 1. The highest BCUT2D eigenvalue weighted by Crippen LogP contribution is 2.41. The number of nitrogens with zero attached hydrogens (tertiary/aromatic N) is 3. The van der Waals surface area contributed by atoms with Crippen molar-refractivity contribution in [3.05, 3.63) is 59.6 Å². The lowest BCUT2D eigenvalue weighted by atomic mass is 9.85. The van der Waals surface area contributed by atoms with Gasteiger partial charge < -0.3 is 0 Å². The zero-order valence-electron chi connectivity index (χ0n) is 15.7. The Hall–Kier alpha value is -2.17. The summed E-state index contributed by atoms with van der Waals surface area (Å²) in [4.78, 5) is 22.6. The third-order valence-corrected chi connectivity index (χ3v) is 5.75. The number of likely N-dealkylation sites (tertiary alicyclic amines) is 1. The van der Waals surface area contributed by atoms with E-state index in [2.05, 4.69) is 4.90 Å². The highest BCUT2D eigenvalue weighted by atomic mass is 35.5. The molecule has 0 N–H and O–H groups in total. The summed E-state index contributed by atoms with van der Waals surface area (Å²) < 4.78 is 0. The van der Waals surface area contributed by atoms with E-state index < -0.39 is 5.41 Å². The molecule has 5 heteroatoms. The SMILES string of the molecule is CC1(C)C(=O)N(c2ccccc2)C(=Nc2ccc(Cl)cc2)[C@H]1N1CCCC1. The first kappa shape index (κ1) is 18.2. The molecule has 0 unspecified atom stereocenters. The van der Waals surface area contributed by atoms with Crippen molar-refractivity contribution in [2.24, 2.45) is 10.4 Å². The number of hydrogen-bond acceptors (Lipinski definition) is 3. The van der Waals surface area contributed by atoms with Gasteiger partial charge >= 0.3 is 0 Å². The second kappa shape index (κ2) is 7.10. The van der Waals surface area contributed by atoms with Gasteiger partial charge in [-0.2, -0.15) is 0 Å². The van der Waals surface area contributed by atoms with Crippen LogP contribution in [-0.2, 0) is 4.79 Å². The fourth-order valence-electron chi connectivity index (χ4n) is 4.16. The van der Waals surface area contributed by atoms with E-state index in [1.807, 2.05) is 68.4 Å². The molecule has 2 aliphatic rings. The molecule has 2 aromatic carbocycles. The Kier molecular flexibility index (Phi) is 4.79. The predicted octanol–water partition coefficient (Wildman–Crippen LogP) is 4.91. The molecule has 2 heterocycles. The lowest BCUT2D eigenvalue weighted by molar-refractivity contribution is -0.125. The summed E-state index contributed by atoms with van der Waals surface area (Å²) in [5.74, 6) is 0.902. The molecule has 0 aromatic heterocycles. The highest BCUT2D eigenvalue weighted by molar-refractivity contribution is 6.30.